The number of halogens is 1. The summed E-state index contributed by atoms with van der Waals surface area (Å²) in [6.45, 7) is 6.87. The highest BCUT2D eigenvalue weighted by molar-refractivity contribution is 14.1. The van der Waals surface area contributed by atoms with Gasteiger partial charge in [0.2, 0.25) is 0 Å². The lowest BCUT2D eigenvalue weighted by Gasteiger charge is -2.15. The third-order valence-electron chi connectivity index (χ3n) is 11.5. The smallest absolute Gasteiger partial charge is 0.127 e. The van der Waals surface area contributed by atoms with Crippen molar-refractivity contribution in [3.8, 4) is 69.2 Å². The van der Waals surface area contributed by atoms with Gasteiger partial charge in [0.15, 0.2) is 0 Å². The SMILES string of the molecule is C[Si](C)(C)C#Cc1ccc2ccccc2c1-c1c(C#Cc2cccc(C#Cc3ccc4ccccc4c3-c3c(C#Cc4cccc(I)c4)ccc4ccccc34)c2)ccc2ccccc12. The van der Waals surface area contributed by atoms with Gasteiger partial charge in [0.05, 0.1) is 0 Å². The van der Waals surface area contributed by atoms with E-state index < -0.39 is 8.07 Å². The maximum atomic E-state index is 3.65. The Morgan fingerprint density at radius 3 is 0.985 bits per heavy atom. The minimum Gasteiger partial charge on any atom is -0.127 e. The molecular weight excluding hydrogens is 912 g/mol. The molecule has 0 fully saturated rings. The van der Waals surface area contributed by atoms with Gasteiger partial charge in [-0.3, -0.25) is 0 Å². The fourth-order valence-electron chi connectivity index (χ4n) is 8.49. The van der Waals surface area contributed by atoms with Crippen molar-refractivity contribution in [2.75, 3.05) is 0 Å². The highest BCUT2D eigenvalue weighted by atomic mass is 127. The first-order valence-electron chi connectivity index (χ1n) is 21.8. The zero-order valence-electron chi connectivity index (χ0n) is 36.4. The molecule has 0 nitrogen and oxygen atoms in total. The van der Waals surface area contributed by atoms with E-state index in [9.17, 15) is 0 Å². The van der Waals surface area contributed by atoms with Crippen LogP contribution in [0.2, 0.25) is 19.6 Å². The molecule has 10 aromatic carbocycles. The third-order valence-corrected chi connectivity index (χ3v) is 13.0. The molecule has 10 aromatic rings. The topological polar surface area (TPSA) is 0 Å². The number of benzene rings is 10. The summed E-state index contributed by atoms with van der Waals surface area (Å²) in [6, 6.07) is 68.3. The Bertz CT molecular complexity index is 3800. The third kappa shape index (κ3) is 8.85. The first-order chi connectivity index (χ1) is 31.8. The largest absolute Gasteiger partial charge is 0.129 e. The van der Waals surface area contributed by atoms with E-state index in [2.05, 4.69) is 283 Å². The second-order valence-electron chi connectivity index (χ2n) is 17.2. The van der Waals surface area contributed by atoms with Gasteiger partial charge >= 0.3 is 0 Å². The van der Waals surface area contributed by atoms with E-state index in [4.69, 9.17) is 0 Å². The Hall–Kier alpha value is -7.57. The van der Waals surface area contributed by atoms with E-state index in [1.807, 2.05) is 0 Å². The van der Waals surface area contributed by atoms with Crippen molar-refractivity contribution >= 4 is 73.8 Å². The Labute approximate surface area is 396 Å². The number of rotatable bonds is 2. The van der Waals surface area contributed by atoms with Crippen molar-refractivity contribution in [2.45, 2.75) is 19.6 Å². The average Bonchev–Trinajstić information content (AvgIpc) is 3.33. The van der Waals surface area contributed by atoms with Crippen LogP contribution in [0.5, 0.6) is 0 Å². The maximum absolute atomic E-state index is 3.65. The Kier molecular flexibility index (Phi) is 11.4. The summed E-state index contributed by atoms with van der Waals surface area (Å²) in [5, 5.41) is 9.28. The highest BCUT2D eigenvalue weighted by Crippen LogP contribution is 2.40. The van der Waals surface area contributed by atoms with E-state index in [0.717, 1.165) is 91.7 Å². The molecular formula is C63H41ISi. The lowest BCUT2D eigenvalue weighted by Crippen LogP contribution is -2.16. The van der Waals surface area contributed by atoms with Gasteiger partial charge in [-0.05, 0) is 126 Å². The molecule has 304 valence electrons. The summed E-state index contributed by atoms with van der Waals surface area (Å²) in [7, 11) is -1.66. The van der Waals surface area contributed by atoms with E-state index in [0.29, 0.717) is 0 Å². The molecule has 0 N–H and O–H groups in total. The van der Waals surface area contributed by atoms with Crippen LogP contribution in [0.1, 0.15) is 38.9 Å². The van der Waals surface area contributed by atoms with Crippen LogP contribution in [-0.4, -0.2) is 8.07 Å². The van der Waals surface area contributed by atoms with Crippen LogP contribution in [0.3, 0.4) is 0 Å². The van der Waals surface area contributed by atoms with Gasteiger partial charge in [-0.1, -0.05) is 195 Å². The van der Waals surface area contributed by atoms with Crippen molar-refractivity contribution in [2.24, 2.45) is 0 Å². The second-order valence-corrected chi connectivity index (χ2v) is 23.2. The lowest BCUT2D eigenvalue weighted by atomic mass is 9.87. The molecule has 0 saturated carbocycles. The van der Waals surface area contributed by atoms with Crippen LogP contribution in [0.15, 0.2) is 194 Å². The van der Waals surface area contributed by atoms with Gasteiger partial charge in [-0.25, -0.2) is 0 Å². The van der Waals surface area contributed by atoms with Crippen LogP contribution < -0.4 is 0 Å². The number of hydrogen-bond donors (Lipinski definition) is 0. The van der Waals surface area contributed by atoms with Crippen LogP contribution >= 0.6 is 22.6 Å². The van der Waals surface area contributed by atoms with Gasteiger partial charge in [0.1, 0.15) is 8.07 Å². The summed E-state index contributed by atoms with van der Waals surface area (Å²) in [5.41, 5.74) is 14.7. The summed E-state index contributed by atoms with van der Waals surface area (Å²) in [6.07, 6.45) is 0. The molecule has 2 heteroatoms. The van der Waals surface area contributed by atoms with Gasteiger partial charge in [-0.15, -0.1) is 5.54 Å². The van der Waals surface area contributed by atoms with Crippen molar-refractivity contribution in [1.82, 2.24) is 0 Å². The van der Waals surface area contributed by atoms with E-state index in [1.54, 1.807) is 0 Å². The molecule has 0 atom stereocenters. The maximum Gasteiger partial charge on any atom is 0.129 e. The molecule has 0 amide bonds. The molecule has 0 bridgehead atoms. The second kappa shape index (κ2) is 17.9. The molecule has 0 saturated heterocycles. The predicted molar refractivity (Wildman–Crippen MR) is 288 cm³/mol. The van der Waals surface area contributed by atoms with E-state index in [1.165, 1.54) is 16.2 Å². The normalized spacial score (nSPS) is 10.9. The van der Waals surface area contributed by atoms with Crippen molar-refractivity contribution in [3.63, 3.8) is 0 Å². The fourth-order valence-corrected chi connectivity index (χ4v) is 9.55. The van der Waals surface area contributed by atoms with Crippen LogP contribution in [0, 0.1) is 50.6 Å². The average molecular weight is 953 g/mol. The summed E-state index contributed by atoms with van der Waals surface area (Å²) in [4.78, 5) is 0. The fraction of sp³-hybridized carbons (Fsp3) is 0.0476. The van der Waals surface area contributed by atoms with Crippen LogP contribution in [0.25, 0.3) is 65.3 Å². The van der Waals surface area contributed by atoms with Gasteiger partial charge in [0, 0.05) is 64.8 Å². The van der Waals surface area contributed by atoms with Gasteiger partial charge in [0.25, 0.3) is 0 Å². The number of fused-ring (bicyclic) bond motifs is 4. The molecule has 10 rings (SSSR count). The molecule has 0 heterocycles. The summed E-state index contributed by atoms with van der Waals surface area (Å²) < 4.78 is 1.16. The Balaban J connectivity index is 1.10. The molecule has 0 aliphatic heterocycles. The summed E-state index contributed by atoms with van der Waals surface area (Å²) >= 11 is 2.34. The van der Waals surface area contributed by atoms with Crippen LogP contribution in [-0.2, 0) is 0 Å². The minimum absolute atomic E-state index is 0.893. The summed E-state index contributed by atoms with van der Waals surface area (Å²) in [5.74, 6) is 25.1. The molecule has 0 aliphatic carbocycles. The Morgan fingerprint density at radius 1 is 0.308 bits per heavy atom. The van der Waals surface area contributed by atoms with Gasteiger partial charge in [-0.2, -0.15) is 0 Å². The zero-order valence-corrected chi connectivity index (χ0v) is 39.5. The lowest BCUT2D eigenvalue weighted by molar-refractivity contribution is 1.58. The molecule has 0 aliphatic rings. The minimum atomic E-state index is -1.66. The van der Waals surface area contributed by atoms with E-state index >= 15 is 0 Å². The van der Waals surface area contributed by atoms with Crippen molar-refractivity contribution in [3.05, 3.63) is 237 Å². The van der Waals surface area contributed by atoms with Crippen LogP contribution in [0.4, 0.5) is 0 Å². The molecule has 0 aromatic heterocycles. The zero-order chi connectivity index (χ0) is 44.3. The predicted octanol–water partition coefficient (Wildman–Crippen LogP) is 15.7. The first kappa shape index (κ1) is 41.4. The van der Waals surface area contributed by atoms with Crippen molar-refractivity contribution < 1.29 is 0 Å². The molecule has 0 unspecified atom stereocenters. The van der Waals surface area contributed by atoms with Gasteiger partial charge < -0.3 is 0 Å². The molecule has 0 spiro atoms. The quantitative estimate of drug-likeness (QED) is 0.0920. The van der Waals surface area contributed by atoms with Crippen molar-refractivity contribution in [1.29, 1.82) is 0 Å². The monoisotopic (exact) mass is 952 g/mol. The Morgan fingerprint density at radius 2 is 0.631 bits per heavy atom. The van der Waals surface area contributed by atoms with E-state index in [-0.39, 0.29) is 0 Å². The molecule has 0 radical (unpaired) electrons. The standard InChI is InChI=1S/C63H41ISi/c1-65(2,3)41-40-54-39-35-50-20-7-11-25-59(50)63(54)62-52(37-33-49-19-6-10-24-58(49)62)30-27-45-15-12-14-44(42-45)26-29-51-36-32-47-17-4-8-22-56(47)60(51)61-53(31-28-46-16-13-21-55(64)43-46)38-34-48-18-5-9-23-57(48)61/h4-25,32-39,42-43H,1-3H3. The highest BCUT2D eigenvalue weighted by Gasteiger charge is 2.18. The number of hydrogen-bond acceptors (Lipinski definition) is 0. The first-order valence-corrected chi connectivity index (χ1v) is 26.4. The molecule has 65 heavy (non-hydrogen) atoms.